The fourth-order valence-corrected chi connectivity index (χ4v) is 5.74. The molecule has 5 rings (SSSR count). The van der Waals surface area contributed by atoms with Crippen molar-refractivity contribution in [3.05, 3.63) is 71.3 Å². The number of carboxylic acid groups (broad SMARTS) is 1. The van der Waals surface area contributed by atoms with E-state index in [1.165, 1.54) is 22.3 Å². The van der Waals surface area contributed by atoms with Crippen molar-refractivity contribution in [2.75, 3.05) is 6.61 Å². The molecule has 0 saturated heterocycles. The number of carboxylic acids is 1. The van der Waals surface area contributed by atoms with Crippen LogP contribution in [0.25, 0.3) is 11.1 Å². The maximum atomic E-state index is 12.7. The minimum absolute atomic E-state index is 0.00700. The van der Waals surface area contributed by atoms with Gasteiger partial charge in [-0.25, -0.2) is 4.79 Å². The Morgan fingerprint density at radius 1 is 0.914 bits per heavy atom. The molecule has 0 heterocycles. The van der Waals surface area contributed by atoms with Crippen LogP contribution in [0.2, 0.25) is 0 Å². The van der Waals surface area contributed by atoms with Crippen LogP contribution in [0.15, 0.2) is 60.2 Å². The number of amides is 2. The van der Waals surface area contributed by atoms with E-state index in [9.17, 15) is 14.4 Å². The van der Waals surface area contributed by atoms with Crippen molar-refractivity contribution < 1.29 is 24.2 Å². The molecule has 1 fully saturated rings. The molecule has 3 N–H and O–H groups in total. The van der Waals surface area contributed by atoms with Crippen LogP contribution in [-0.4, -0.2) is 41.8 Å². The van der Waals surface area contributed by atoms with Crippen molar-refractivity contribution in [1.82, 2.24) is 10.6 Å². The van der Waals surface area contributed by atoms with Gasteiger partial charge >= 0.3 is 12.1 Å². The number of carbonyl (C=O) groups is 3. The van der Waals surface area contributed by atoms with Gasteiger partial charge in [0, 0.05) is 30.0 Å². The second-order valence-corrected chi connectivity index (χ2v) is 9.78. The zero-order valence-corrected chi connectivity index (χ0v) is 19.5. The Hall–Kier alpha value is -3.61. The molecular weight excluding hydrogens is 444 g/mol. The molecule has 0 aromatic heterocycles. The fourth-order valence-electron chi connectivity index (χ4n) is 5.74. The van der Waals surface area contributed by atoms with Gasteiger partial charge in [0.2, 0.25) is 5.91 Å². The SMILES string of the molecule is O=C(O)C[C@H]1CC[C@@H](NC(=O)C2=CCC(NC(=O)OCC3c4ccccc4-c4ccccc43)C2)C1. The Balaban J connectivity index is 1.09. The molecule has 2 aromatic carbocycles. The van der Waals surface area contributed by atoms with E-state index in [-0.39, 0.29) is 42.9 Å². The lowest BCUT2D eigenvalue weighted by Crippen LogP contribution is -2.37. The molecular formula is C28H30N2O5. The Kier molecular flexibility index (Phi) is 6.57. The number of nitrogens with one attached hydrogen (secondary N) is 2. The summed E-state index contributed by atoms with van der Waals surface area (Å²) in [6.07, 6.45) is 4.92. The number of hydrogen-bond donors (Lipinski definition) is 3. The van der Waals surface area contributed by atoms with Crippen LogP contribution < -0.4 is 10.6 Å². The summed E-state index contributed by atoms with van der Waals surface area (Å²) in [5.41, 5.74) is 5.37. The predicted octanol–water partition coefficient (Wildman–Crippen LogP) is 4.37. The van der Waals surface area contributed by atoms with E-state index >= 15 is 0 Å². The topological polar surface area (TPSA) is 105 Å². The van der Waals surface area contributed by atoms with Gasteiger partial charge in [0.1, 0.15) is 6.61 Å². The van der Waals surface area contributed by atoms with Crippen LogP contribution in [0.5, 0.6) is 0 Å². The van der Waals surface area contributed by atoms with Gasteiger partial charge < -0.3 is 20.5 Å². The largest absolute Gasteiger partial charge is 0.481 e. The first kappa shape index (κ1) is 23.1. The summed E-state index contributed by atoms with van der Waals surface area (Å²) < 4.78 is 5.63. The van der Waals surface area contributed by atoms with Gasteiger partial charge in [-0.05, 0) is 60.3 Å². The van der Waals surface area contributed by atoms with E-state index in [0.717, 1.165) is 12.8 Å². The van der Waals surface area contributed by atoms with Gasteiger partial charge in [0.15, 0.2) is 0 Å². The molecule has 1 saturated carbocycles. The average Bonchev–Trinajstić information content (AvgIpc) is 3.55. The molecule has 182 valence electrons. The molecule has 0 bridgehead atoms. The van der Waals surface area contributed by atoms with Gasteiger partial charge in [-0.2, -0.15) is 0 Å². The maximum Gasteiger partial charge on any atom is 0.407 e. The first-order valence-electron chi connectivity index (χ1n) is 12.3. The third-order valence-corrected chi connectivity index (χ3v) is 7.41. The molecule has 3 aliphatic rings. The summed E-state index contributed by atoms with van der Waals surface area (Å²) in [5, 5.41) is 14.9. The summed E-state index contributed by atoms with van der Waals surface area (Å²) in [4.78, 5) is 36.1. The maximum absolute atomic E-state index is 12.7. The summed E-state index contributed by atoms with van der Waals surface area (Å²) in [6, 6.07) is 16.3. The minimum Gasteiger partial charge on any atom is -0.481 e. The van der Waals surface area contributed by atoms with Crippen molar-refractivity contribution in [2.45, 2.75) is 56.5 Å². The van der Waals surface area contributed by atoms with Crippen molar-refractivity contribution in [1.29, 1.82) is 0 Å². The van der Waals surface area contributed by atoms with Gasteiger partial charge in [0.25, 0.3) is 0 Å². The third-order valence-electron chi connectivity index (χ3n) is 7.41. The molecule has 2 aromatic rings. The van der Waals surface area contributed by atoms with Gasteiger partial charge in [-0.15, -0.1) is 0 Å². The van der Waals surface area contributed by atoms with E-state index in [1.54, 1.807) is 0 Å². The van der Waals surface area contributed by atoms with Crippen LogP contribution in [0, 0.1) is 5.92 Å². The number of benzene rings is 2. The van der Waals surface area contributed by atoms with Crippen LogP contribution in [0.3, 0.4) is 0 Å². The number of hydrogen-bond acceptors (Lipinski definition) is 4. The Labute approximate surface area is 204 Å². The average molecular weight is 475 g/mol. The van der Waals surface area contributed by atoms with Gasteiger partial charge in [0.05, 0.1) is 0 Å². The second kappa shape index (κ2) is 9.94. The smallest absolute Gasteiger partial charge is 0.407 e. The monoisotopic (exact) mass is 474 g/mol. The van der Waals surface area contributed by atoms with E-state index in [4.69, 9.17) is 9.84 Å². The highest BCUT2D eigenvalue weighted by Crippen LogP contribution is 2.44. The van der Waals surface area contributed by atoms with E-state index < -0.39 is 12.1 Å². The highest BCUT2D eigenvalue weighted by atomic mass is 16.5. The lowest BCUT2D eigenvalue weighted by molar-refractivity contribution is -0.138. The minimum atomic E-state index is -0.789. The molecule has 35 heavy (non-hydrogen) atoms. The standard InChI is InChI=1S/C28H30N2O5/c31-26(32)14-17-9-11-19(13-17)29-27(33)18-10-12-20(15-18)30-28(34)35-16-25-23-7-3-1-5-21(23)22-6-2-4-8-24(22)25/h1-8,10,17,19-20,25H,9,11-16H2,(H,29,33)(H,30,34)(H,31,32)/t17-,19+,20?/m0/s1. The summed E-state index contributed by atoms with van der Waals surface area (Å²) in [5.74, 6) is -0.781. The molecule has 3 atom stereocenters. The highest BCUT2D eigenvalue weighted by Gasteiger charge is 2.31. The molecule has 3 aliphatic carbocycles. The zero-order valence-electron chi connectivity index (χ0n) is 19.5. The van der Waals surface area contributed by atoms with Crippen LogP contribution >= 0.6 is 0 Å². The normalized spacial score (nSPS) is 22.7. The number of aliphatic carboxylic acids is 1. The number of carbonyl (C=O) groups excluding carboxylic acids is 2. The van der Waals surface area contributed by atoms with Crippen molar-refractivity contribution in [3.8, 4) is 11.1 Å². The van der Waals surface area contributed by atoms with Gasteiger partial charge in [-0.1, -0.05) is 54.6 Å². The first-order valence-corrected chi connectivity index (χ1v) is 12.3. The quantitative estimate of drug-likeness (QED) is 0.553. The van der Waals surface area contributed by atoms with Crippen molar-refractivity contribution in [3.63, 3.8) is 0 Å². The van der Waals surface area contributed by atoms with E-state index in [1.807, 2.05) is 30.3 Å². The molecule has 0 radical (unpaired) electrons. The molecule has 1 unspecified atom stereocenters. The highest BCUT2D eigenvalue weighted by molar-refractivity contribution is 5.94. The fraction of sp³-hybridized carbons (Fsp3) is 0.393. The number of alkyl carbamates (subject to hydrolysis) is 1. The number of rotatable bonds is 7. The zero-order chi connectivity index (χ0) is 24.4. The lowest BCUT2D eigenvalue weighted by atomic mass is 9.98. The van der Waals surface area contributed by atoms with Crippen molar-refractivity contribution >= 4 is 18.0 Å². The molecule has 7 heteroatoms. The number of fused-ring (bicyclic) bond motifs is 3. The third kappa shape index (κ3) is 5.09. The Bertz CT molecular complexity index is 1130. The van der Waals surface area contributed by atoms with Crippen LogP contribution in [0.1, 0.15) is 55.6 Å². The van der Waals surface area contributed by atoms with Crippen LogP contribution in [0.4, 0.5) is 4.79 Å². The second-order valence-electron chi connectivity index (χ2n) is 9.78. The van der Waals surface area contributed by atoms with Crippen molar-refractivity contribution in [2.24, 2.45) is 5.92 Å². The van der Waals surface area contributed by atoms with Crippen LogP contribution in [-0.2, 0) is 14.3 Å². The van der Waals surface area contributed by atoms with E-state index in [0.29, 0.717) is 24.8 Å². The summed E-state index contributed by atoms with van der Waals surface area (Å²) in [7, 11) is 0. The summed E-state index contributed by atoms with van der Waals surface area (Å²) in [6.45, 7) is 0.256. The number of ether oxygens (including phenoxy) is 1. The van der Waals surface area contributed by atoms with Gasteiger partial charge in [-0.3, -0.25) is 9.59 Å². The molecule has 7 nitrogen and oxygen atoms in total. The van der Waals surface area contributed by atoms with E-state index in [2.05, 4.69) is 34.9 Å². The first-order chi connectivity index (χ1) is 17.0. The molecule has 0 spiro atoms. The predicted molar refractivity (Wildman–Crippen MR) is 131 cm³/mol. The Morgan fingerprint density at radius 2 is 1.60 bits per heavy atom. The molecule has 0 aliphatic heterocycles. The molecule has 2 amide bonds. The Morgan fingerprint density at radius 3 is 2.29 bits per heavy atom. The lowest BCUT2D eigenvalue weighted by Gasteiger charge is -2.17. The summed E-state index contributed by atoms with van der Waals surface area (Å²) >= 11 is 0.